The van der Waals surface area contributed by atoms with Gasteiger partial charge in [-0.25, -0.2) is 0 Å². The molecule has 1 heterocycles. The van der Waals surface area contributed by atoms with Gasteiger partial charge in [-0.1, -0.05) is 30.3 Å². The predicted molar refractivity (Wildman–Crippen MR) is 83.9 cm³/mol. The predicted octanol–water partition coefficient (Wildman–Crippen LogP) is 3.81. The van der Waals surface area contributed by atoms with Crippen molar-refractivity contribution in [1.29, 1.82) is 0 Å². The zero-order valence-electron chi connectivity index (χ0n) is 12.9. The summed E-state index contributed by atoms with van der Waals surface area (Å²) in [6, 6.07) is 11.1. The highest BCUT2D eigenvalue weighted by Gasteiger charge is 2.51. The van der Waals surface area contributed by atoms with Crippen molar-refractivity contribution < 1.29 is 23.1 Å². The number of hydrogen-bond donors (Lipinski definition) is 2. The van der Waals surface area contributed by atoms with E-state index in [1.165, 1.54) is 18.2 Å². The number of aliphatic hydroxyl groups is 1. The molecule has 1 unspecified atom stereocenters. The van der Waals surface area contributed by atoms with Crippen LogP contribution in [0.3, 0.4) is 0 Å². The van der Waals surface area contributed by atoms with Crippen LogP contribution in [0.2, 0.25) is 0 Å². The lowest BCUT2D eigenvalue weighted by Gasteiger charge is -2.28. The number of fused-ring (bicyclic) bond motifs is 2. The summed E-state index contributed by atoms with van der Waals surface area (Å²) in [7, 11) is 0. The molecule has 0 fully saturated rings. The van der Waals surface area contributed by atoms with E-state index in [0.717, 1.165) is 12.5 Å². The van der Waals surface area contributed by atoms with Crippen molar-refractivity contribution >= 4 is 11.6 Å². The molecule has 1 aliphatic rings. The first kappa shape index (κ1) is 16.5. The molecule has 0 aliphatic carbocycles. The lowest BCUT2D eigenvalue weighted by atomic mass is 9.90. The second kappa shape index (κ2) is 5.63. The van der Waals surface area contributed by atoms with Crippen molar-refractivity contribution in [2.75, 3.05) is 5.32 Å². The molecular weight excluding hydrogens is 319 g/mol. The summed E-state index contributed by atoms with van der Waals surface area (Å²) in [4.78, 5) is 12.3. The molecule has 3 rings (SSSR count). The molecule has 126 valence electrons. The summed E-state index contributed by atoms with van der Waals surface area (Å²) in [6.07, 6.45) is -3.78. The maximum absolute atomic E-state index is 13.0. The van der Waals surface area contributed by atoms with E-state index >= 15 is 0 Å². The van der Waals surface area contributed by atoms with Crippen molar-refractivity contribution in [1.82, 2.24) is 0 Å². The number of benzene rings is 2. The topological polar surface area (TPSA) is 49.3 Å². The third-order valence-electron chi connectivity index (χ3n) is 4.39. The molecule has 0 saturated carbocycles. The Morgan fingerprint density at radius 3 is 2.42 bits per heavy atom. The van der Waals surface area contributed by atoms with E-state index in [0.29, 0.717) is 29.7 Å². The van der Waals surface area contributed by atoms with Gasteiger partial charge >= 0.3 is 6.18 Å². The largest absolute Gasteiger partial charge is 0.421 e. The normalized spacial score (nSPS) is 17.0. The summed E-state index contributed by atoms with van der Waals surface area (Å²) in [6.45, 7) is 0.728. The third kappa shape index (κ3) is 2.78. The Bertz CT molecular complexity index is 797. The van der Waals surface area contributed by atoms with Crippen LogP contribution in [-0.4, -0.2) is 17.2 Å². The molecule has 2 N–H and O–H groups in total. The first-order chi connectivity index (χ1) is 11.2. The smallest absolute Gasteiger partial charge is 0.376 e. The van der Waals surface area contributed by atoms with Crippen molar-refractivity contribution in [3.8, 4) is 0 Å². The van der Waals surface area contributed by atoms with Crippen LogP contribution in [0.15, 0.2) is 42.5 Å². The van der Waals surface area contributed by atoms with Crippen LogP contribution < -0.4 is 5.32 Å². The number of carbonyl (C=O) groups is 1. The molecule has 1 amide bonds. The second-order valence-corrected chi connectivity index (χ2v) is 6.05. The molecule has 1 aliphatic heterocycles. The van der Waals surface area contributed by atoms with Gasteiger partial charge in [-0.05, 0) is 48.6 Å². The fourth-order valence-corrected chi connectivity index (χ4v) is 2.81. The van der Waals surface area contributed by atoms with Gasteiger partial charge in [0.15, 0.2) is 5.60 Å². The van der Waals surface area contributed by atoms with Crippen LogP contribution in [0.4, 0.5) is 18.9 Å². The molecule has 3 nitrogen and oxygen atoms in total. The zero-order chi connectivity index (χ0) is 17.5. The van der Waals surface area contributed by atoms with Crippen LogP contribution >= 0.6 is 0 Å². The standard InChI is InChI=1S/C18H16F3NO2/c1-17(24,18(19,20)21)13-8-9-15-12(10-13)7-6-11-4-2-3-5-14(11)16(23)22-15/h2-5,8-10,24H,6-7H2,1H3,(H,22,23). The molecule has 24 heavy (non-hydrogen) atoms. The molecule has 0 radical (unpaired) electrons. The molecule has 2 aromatic rings. The van der Waals surface area contributed by atoms with Crippen LogP contribution in [0.25, 0.3) is 0 Å². The lowest BCUT2D eigenvalue weighted by molar-refractivity contribution is -0.258. The Morgan fingerprint density at radius 1 is 1.04 bits per heavy atom. The summed E-state index contributed by atoms with van der Waals surface area (Å²) in [5, 5.41) is 12.6. The minimum atomic E-state index is -4.78. The average Bonchev–Trinajstić information content (AvgIpc) is 2.51. The number of anilines is 1. The van der Waals surface area contributed by atoms with E-state index in [4.69, 9.17) is 0 Å². The molecular formula is C18H16F3NO2. The van der Waals surface area contributed by atoms with Crippen LogP contribution in [-0.2, 0) is 18.4 Å². The quantitative estimate of drug-likeness (QED) is 0.833. The number of rotatable bonds is 1. The Morgan fingerprint density at radius 2 is 1.71 bits per heavy atom. The Hall–Kier alpha value is -2.34. The van der Waals surface area contributed by atoms with Gasteiger partial charge in [0.25, 0.3) is 5.91 Å². The number of nitrogens with one attached hydrogen (secondary N) is 1. The summed E-state index contributed by atoms with van der Waals surface area (Å²) >= 11 is 0. The van der Waals surface area contributed by atoms with Crippen molar-refractivity contribution in [2.24, 2.45) is 0 Å². The first-order valence-corrected chi connectivity index (χ1v) is 7.52. The molecule has 0 bridgehead atoms. The second-order valence-electron chi connectivity index (χ2n) is 6.05. The molecule has 1 atom stereocenters. The van der Waals surface area contributed by atoms with E-state index in [-0.39, 0.29) is 11.5 Å². The minimum Gasteiger partial charge on any atom is -0.376 e. The van der Waals surface area contributed by atoms with Crippen molar-refractivity contribution in [3.63, 3.8) is 0 Å². The van der Waals surface area contributed by atoms with Crippen LogP contribution in [0, 0.1) is 0 Å². The third-order valence-corrected chi connectivity index (χ3v) is 4.39. The van der Waals surface area contributed by atoms with Gasteiger partial charge < -0.3 is 10.4 Å². The minimum absolute atomic E-state index is 0.239. The zero-order valence-corrected chi connectivity index (χ0v) is 12.9. The number of alkyl halides is 3. The summed E-state index contributed by atoms with van der Waals surface area (Å²) in [5.41, 5.74) is -0.733. The van der Waals surface area contributed by atoms with E-state index in [2.05, 4.69) is 5.32 Å². The van der Waals surface area contributed by atoms with E-state index in [1.54, 1.807) is 12.1 Å². The van der Waals surface area contributed by atoms with Gasteiger partial charge in [0, 0.05) is 11.3 Å². The van der Waals surface area contributed by atoms with Gasteiger partial charge in [0.05, 0.1) is 0 Å². The summed E-state index contributed by atoms with van der Waals surface area (Å²) in [5.74, 6) is -0.290. The molecule has 0 aromatic heterocycles. The number of halogens is 3. The van der Waals surface area contributed by atoms with Gasteiger partial charge in [-0.3, -0.25) is 4.79 Å². The number of carbonyl (C=O) groups excluding carboxylic acids is 1. The SMILES string of the molecule is CC(O)(c1ccc2c(c1)CCc1ccccc1C(=O)N2)C(F)(F)F. The number of hydrogen-bond acceptors (Lipinski definition) is 2. The number of aryl methyl sites for hydroxylation is 2. The van der Waals surface area contributed by atoms with Crippen molar-refractivity contribution in [2.45, 2.75) is 31.5 Å². The lowest BCUT2D eigenvalue weighted by Crippen LogP contribution is -2.39. The maximum atomic E-state index is 13.0. The Kier molecular flexibility index (Phi) is 3.87. The molecule has 6 heteroatoms. The highest BCUT2D eigenvalue weighted by molar-refractivity contribution is 6.06. The van der Waals surface area contributed by atoms with Gasteiger partial charge in [0.2, 0.25) is 0 Å². The fraction of sp³-hybridized carbons (Fsp3) is 0.278. The highest BCUT2D eigenvalue weighted by atomic mass is 19.4. The van der Waals surface area contributed by atoms with Gasteiger partial charge in [-0.15, -0.1) is 0 Å². The summed E-state index contributed by atoms with van der Waals surface area (Å²) < 4.78 is 39.1. The maximum Gasteiger partial charge on any atom is 0.421 e. The Labute approximate surface area is 137 Å². The Balaban J connectivity index is 2.01. The monoisotopic (exact) mass is 335 g/mol. The van der Waals surface area contributed by atoms with Gasteiger partial charge in [0.1, 0.15) is 0 Å². The average molecular weight is 335 g/mol. The molecule has 0 spiro atoms. The fourth-order valence-electron chi connectivity index (χ4n) is 2.81. The van der Waals surface area contributed by atoms with E-state index < -0.39 is 11.8 Å². The van der Waals surface area contributed by atoms with E-state index in [1.807, 2.05) is 12.1 Å². The van der Waals surface area contributed by atoms with Crippen LogP contribution in [0.1, 0.15) is 34.0 Å². The van der Waals surface area contributed by atoms with Crippen molar-refractivity contribution in [3.05, 3.63) is 64.7 Å². The van der Waals surface area contributed by atoms with Crippen LogP contribution in [0.5, 0.6) is 0 Å². The number of amides is 1. The van der Waals surface area contributed by atoms with Gasteiger partial charge in [-0.2, -0.15) is 13.2 Å². The molecule has 2 aromatic carbocycles. The highest BCUT2D eigenvalue weighted by Crippen LogP contribution is 2.39. The molecule has 0 saturated heterocycles. The first-order valence-electron chi connectivity index (χ1n) is 7.52. The van der Waals surface area contributed by atoms with E-state index in [9.17, 15) is 23.1 Å².